The van der Waals surface area contributed by atoms with Crippen molar-refractivity contribution in [3.05, 3.63) is 77.0 Å². The molecule has 0 fully saturated rings. The van der Waals surface area contributed by atoms with Crippen LogP contribution in [0.2, 0.25) is 0 Å². The molecule has 0 radical (unpaired) electrons. The Bertz CT molecular complexity index is 1030. The van der Waals surface area contributed by atoms with Crippen LogP contribution in [0.3, 0.4) is 0 Å². The van der Waals surface area contributed by atoms with E-state index in [-0.39, 0.29) is 12.5 Å². The standard InChI is InChI=1S/C24H24N2O3/c27-22(25-15-17-9-3-1-4-10-17)16-29-24(28)23-18-11-5-2-6-13-20(18)26-21-14-8-7-12-19(21)23/h1,3-4,7-10,12,14H,2,5-6,11,13,15-16H2,(H,25,27). The van der Waals surface area contributed by atoms with Crippen molar-refractivity contribution in [2.75, 3.05) is 6.61 Å². The highest BCUT2D eigenvalue weighted by atomic mass is 16.5. The van der Waals surface area contributed by atoms with Crippen molar-refractivity contribution in [2.24, 2.45) is 0 Å². The van der Waals surface area contributed by atoms with Gasteiger partial charge >= 0.3 is 5.97 Å². The van der Waals surface area contributed by atoms with Gasteiger partial charge in [-0.25, -0.2) is 4.79 Å². The number of hydrogen-bond donors (Lipinski definition) is 1. The lowest BCUT2D eigenvalue weighted by Crippen LogP contribution is -2.28. The van der Waals surface area contributed by atoms with Crippen molar-refractivity contribution < 1.29 is 14.3 Å². The Morgan fingerprint density at radius 1 is 0.931 bits per heavy atom. The van der Waals surface area contributed by atoms with Gasteiger partial charge in [-0.15, -0.1) is 0 Å². The second-order valence-electron chi connectivity index (χ2n) is 7.33. The van der Waals surface area contributed by atoms with Crippen LogP contribution < -0.4 is 5.32 Å². The first-order valence-electron chi connectivity index (χ1n) is 10.1. The van der Waals surface area contributed by atoms with E-state index in [1.54, 1.807) is 0 Å². The molecule has 2 aromatic carbocycles. The van der Waals surface area contributed by atoms with Gasteiger partial charge in [0.05, 0.1) is 11.1 Å². The van der Waals surface area contributed by atoms with E-state index in [2.05, 4.69) is 5.32 Å². The number of nitrogens with zero attached hydrogens (tertiary/aromatic N) is 1. The SMILES string of the molecule is O=C(COC(=O)c1c2c(nc3ccccc13)CCCCC2)NCc1ccccc1. The molecule has 1 aliphatic carbocycles. The van der Waals surface area contributed by atoms with Crippen LogP contribution in [0.25, 0.3) is 10.9 Å². The van der Waals surface area contributed by atoms with E-state index in [4.69, 9.17) is 9.72 Å². The summed E-state index contributed by atoms with van der Waals surface area (Å²) in [5.74, 6) is -0.761. The molecular weight excluding hydrogens is 364 g/mol. The quantitative estimate of drug-likeness (QED) is 0.530. The van der Waals surface area contributed by atoms with Crippen molar-refractivity contribution in [1.82, 2.24) is 10.3 Å². The van der Waals surface area contributed by atoms with Gasteiger partial charge in [-0.2, -0.15) is 0 Å². The Morgan fingerprint density at radius 2 is 1.69 bits per heavy atom. The van der Waals surface area contributed by atoms with Crippen molar-refractivity contribution >= 4 is 22.8 Å². The molecule has 1 aliphatic rings. The van der Waals surface area contributed by atoms with Crippen molar-refractivity contribution in [1.29, 1.82) is 0 Å². The van der Waals surface area contributed by atoms with Gasteiger partial charge in [-0.1, -0.05) is 55.0 Å². The average molecular weight is 388 g/mol. The Labute approximate surface area is 170 Å². The van der Waals surface area contributed by atoms with E-state index < -0.39 is 5.97 Å². The number of nitrogens with one attached hydrogen (secondary N) is 1. The number of rotatable bonds is 5. The molecule has 1 aromatic heterocycles. The highest BCUT2D eigenvalue weighted by molar-refractivity contribution is 6.05. The van der Waals surface area contributed by atoms with E-state index in [1.807, 2.05) is 54.6 Å². The molecule has 0 saturated heterocycles. The number of aromatic nitrogens is 1. The number of pyridine rings is 1. The molecule has 0 bridgehead atoms. The van der Waals surface area contributed by atoms with Gasteiger partial charge in [-0.05, 0) is 42.9 Å². The topological polar surface area (TPSA) is 68.3 Å². The molecule has 1 amide bonds. The minimum Gasteiger partial charge on any atom is -0.452 e. The normalized spacial score (nSPS) is 13.4. The molecule has 4 rings (SSSR count). The molecule has 5 heteroatoms. The van der Waals surface area contributed by atoms with E-state index in [0.717, 1.165) is 59.8 Å². The molecule has 148 valence electrons. The Balaban J connectivity index is 1.50. The first kappa shape index (κ1) is 19.1. The summed E-state index contributed by atoms with van der Waals surface area (Å²) in [5.41, 5.74) is 4.34. The molecular formula is C24H24N2O3. The van der Waals surface area contributed by atoms with Crippen LogP contribution in [-0.2, 0) is 28.9 Å². The zero-order valence-corrected chi connectivity index (χ0v) is 16.3. The maximum atomic E-state index is 13.0. The summed E-state index contributed by atoms with van der Waals surface area (Å²) in [7, 11) is 0. The maximum absolute atomic E-state index is 13.0. The van der Waals surface area contributed by atoms with Crippen LogP contribution in [0, 0.1) is 0 Å². The van der Waals surface area contributed by atoms with Crippen LogP contribution in [0.15, 0.2) is 54.6 Å². The third-order valence-electron chi connectivity index (χ3n) is 5.29. The largest absolute Gasteiger partial charge is 0.452 e. The number of amides is 1. The third kappa shape index (κ3) is 4.45. The first-order valence-corrected chi connectivity index (χ1v) is 10.1. The summed E-state index contributed by atoms with van der Waals surface area (Å²) in [5, 5.41) is 3.58. The smallest absolute Gasteiger partial charge is 0.339 e. The van der Waals surface area contributed by atoms with Gasteiger partial charge < -0.3 is 10.1 Å². The number of fused-ring (bicyclic) bond motifs is 2. The number of carbonyl (C=O) groups excluding carboxylic acids is 2. The minimum atomic E-state index is -0.448. The molecule has 1 heterocycles. The lowest BCUT2D eigenvalue weighted by atomic mass is 9.97. The van der Waals surface area contributed by atoms with E-state index in [9.17, 15) is 9.59 Å². The van der Waals surface area contributed by atoms with E-state index in [1.165, 1.54) is 0 Å². The van der Waals surface area contributed by atoms with Crippen LogP contribution >= 0.6 is 0 Å². The summed E-state index contributed by atoms with van der Waals surface area (Å²) in [6.07, 6.45) is 4.93. The molecule has 0 spiro atoms. The highest BCUT2D eigenvalue weighted by Gasteiger charge is 2.23. The number of benzene rings is 2. The predicted molar refractivity (Wildman–Crippen MR) is 112 cm³/mol. The molecule has 1 N–H and O–H groups in total. The van der Waals surface area contributed by atoms with Crippen LogP contribution in [0.1, 0.15) is 46.4 Å². The second-order valence-corrected chi connectivity index (χ2v) is 7.33. The number of carbonyl (C=O) groups is 2. The Hall–Kier alpha value is -3.21. The fourth-order valence-electron chi connectivity index (χ4n) is 3.83. The highest BCUT2D eigenvalue weighted by Crippen LogP contribution is 2.29. The molecule has 5 nitrogen and oxygen atoms in total. The van der Waals surface area contributed by atoms with Crippen molar-refractivity contribution in [3.8, 4) is 0 Å². The maximum Gasteiger partial charge on any atom is 0.339 e. The predicted octanol–water partition coefficient (Wildman–Crippen LogP) is 3.98. The first-order chi connectivity index (χ1) is 14.2. The van der Waals surface area contributed by atoms with Crippen LogP contribution in [0.5, 0.6) is 0 Å². The molecule has 0 unspecified atom stereocenters. The molecule has 0 aliphatic heterocycles. The lowest BCUT2D eigenvalue weighted by molar-refractivity contribution is -0.124. The summed E-state index contributed by atoms with van der Waals surface area (Å²) in [6.45, 7) is 0.113. The van der Waals surface area contributed by atoms with Crippen molar-refractivity contribution in [2.45, 2.75) is 38.6 Å². The van der Waals surface area contributed by atoms with E-state index in [0.29, 0.717) is 12.1 Å². The monoisotopic (exact) mass is 388 g/mol. The lowest BCUT2D eigenvalue weighted by Gasteiger charge is -2.15. The summed E-state index contributed by atoms with van der Waals surface area (Å²) >= 11 is 0. The van der Waals surface area contributed by atoms with Crippen molar-refractivity contribution in [3.63, 3.8) is 0 Å². The third-order valence-corrected chi connectivity index (χ3v) is 5.29. The van der Waals surface area contributed by atoms with Gasteiger partial charge in [0.15, 0.2) is 6.61 Å². The van der Waals surface area contributed by atoms with Crippen LogP contribution in [0.4, 0.5) is 0 Å². The molecule has 3 aromatic rings. The Kier molecular flexibility index (Phi) is 5.84. The minimum absolute atomic E-state index is 0.295. The van der Waals surface area contributed by atoms with Gasteiger partial charge in [0.25, 0.3) is 5.91 Å². The summed E-state index contributed by atoms with van der Waals surface area (Å²) in [4.78, 5) is 29.9. The number of esters is 1. The average Bonchev–Trinajstić information content (AvgIpc) is 3.00. The molecule has 0 saturated carbocycles. The zero-order chi connectivity index (χ0) is 20.1. The van der Waals surface area contributed by atoms with Gasteiger partial charge in [0, 0.05) is 17.6 Å². The summed E-state index contributed by atoms with van der Waals surface area (Å²) in [6, 6.07) is 17.3. The van der Waals surface area contributed by atoms with Gasteiger partial charge in [-0.3, -0.25) is 9.78 Å². The number of hydrogen-bond acceptors (Lipinski definition) is 4. The van der Waals surface area contributed by atoms with E-state index >= 15 is 0 Å². The Morgan fingerprint density at radius 3 is 2.55 bits per heavy atom. The number of ether oxygens (including phenoxy) is 1. The van der Waals surface area contributed by atoms with Crippen LogP contribution in [-0.4, -0.2) is 23.5 Å². The van der Waals surface area contributed by atoms with Gasteiger partial charge in [0.1, 0.15) is 0 Å². The summed E-state index contributed by atoms with van der Waals surface area (Å²) < 4.78 is 5.41. The van der Waals surface area contributed by atoms with Gasteiger partial charge in [0.2, 0.25) is 0 Å². The fourth-order valence-corrected chi connectivity index (χ4v) is 3.83. The number of para-hydroxylation sites is 1. The fraction of sp³-hybridized carbons (Fsp3) is 0.292. The number of aryl methyl sites for hydroxylation is 1. The second kappa shape index (κ2) is 8.86. The zero-order valence-electron chi connectivity index (χ0n) is 16.3. The molecule has 0 atom stereocenters. The molecule has 29 heavy (non-hydrogen) atoms.